The van der Waals surface area contributed by atoms with Gasteiger partial charge in [-0.1, -0.05) is 0 Å². The summed E-state index contributed by atoms with van der Waals surface area (Å²) in [5.74, 6) is 0.405. The maximum absolute atomic E-state index is 12.3. The van der Waals surface area contributed by atoms with E-state index in [4.69, 9.17) is 0 Å². The Morgan fingerprint density at radius 2 is 2.41 bits per heavy atom. The molecule has 2 rings (SSSR count). The minimum atomic E-state index is -3.37. The van der Waals surface area contributed by atoms with E-state index in [0.717, 1.165) is 13.0 Å². The molecule has 1 aromatic rings. The van der Waals surface area contributed by atoms with Gasteiger partial charge in [0.25, 0.3) is 0 Å². The van der Waals surface area contributed by atoms with Crippen LogP contribution in [0.1, 0.15) is 12.1 Å². The molecular formula is C10H18N4O2S. The van der Waals surface area contributed by atoms with Crippen LogP contribution in [0.4, 0.5) is 0 Å². The van der Waals surface area contributed by atoms with Gasteiger partial charge in [0.15, 0.2) is 0 Å². The van der Waals surface area contributed by atoms with Gasteiger partial charge in [0.05, 0.1) is 11.9 Å². The van der Waals surface area contributed by atoms with Crippen LogP contribution < -0.4 is 5.32 Å². The lowest BCUT2D eigenvalue weighted by Crippen LogP contribution is -2.30. The molecule has 0 amide bonds. The zero-order valence-electron chi connectivity index (χ0n) is 10.1. The first-order chi connectivity index (χ1) is 8.05. The van der Waals surface area contributed by atoms with Gasteiger partial charge in [-0.05, 0) is 32.9 Å². The van der Waals surface area contributed by atoms with E-state index in [2.05, 4.69) is 15.5 Å². The summed E-state index contributed by atoms with van der Waals surface area (Å²) in [4.78, 5) is 0.294. The van der Waals surface area contributed by atoms with Crippen LogP contribution in [0.3, 0.4) is 0 Å². The lowest BCUT2D eigenvalue weighted by Gasteiger charge is -2.15. The summed E-state index contributed by atoms with van der Waals surface area (Å²) in [6, 6.07) is 0. The molecule has 0 saturated carbocycles. The van der Waals surface area contributed by atoms with Crippen LogP contribution in [-0.4, -0.2) is 49.6 Å². The molecule has 1 aliphatic rings. The number of sulfonamides is 1. The first-order valence-electron chi connectivity index (χ1n) is 5.70. The summed E-state index contributed by atoms with van der Waals surface area (Å²) >= 11 is 0. The fourth-order valence-electron chi connectivity index (χ4n) is 2.21. The van der Waals surface area contributed by atoms with Crippen molar-refractivity contribution < 1.29 is 8.42 Å². The molecule has 1 aromatic heterocycles. The van der Waals surface area contributed by atoms with Crippen molar-refractivity contribution in [1.82, 2.24) is 19.8 Å². The van der Waals surface area contributed by atoms with E-state index in [1.807, 2.05) is 7.05 Å². The summed E-state index contributed by atoms with van der Waals surface area (Å²) in [5, 5.41) is 9.53. The molecule has 0 aliphatic carbocycles. The predicted molar refractivity (Wildman–Crippen MR) is 64.1 cm³/mol. The van der Waals surface area contributed by atoms with Crippen LogP contribution >= 0.6 is 0 Å². The van der Waals surface area contributed by atoms with E-state index in [9.17, 15) is 8.42 Å². The van der Waals surface area contributed by atoms with Gasteiger partial charge >= 0.3 is 0 Å². The number of rotatable bonds is 4. The Morgan fingerprint density at radius 3 is 3.00 bits per heavy atom. The molecule has 0 aromatic carbocycles. The zero-order valence-corrected chi connectivity index (χ0v) is 10.9. The quantitative estimate of drug-likeness (QED) is 0.793. The zero-order chi connectivity index (χ0) is 12.5. The summed E-state index contributed by atoms with van der Waals surface area (Å²) < 4.78 is 26.2. The Balaban J connectivity index is 2.16. The Morgan fingerprint density at radius 1 is 1.65 bits per heavy atom. The van der Waals surface area contributed by atoms with E-state index in [1.165, 1.54) is 6.20 Å². The fraction of sp³-hybridized carbons (Fsp3) is 0.700. The average Bonchev–Trinajstić information content (AvgIpc) is 2.87. The van der Waals surface area contributed by atoms with Crippen LogP contribution in [0.15, 0.2) is 11.1 Å². The average molecular weight is 258 g/mol. The number of hydrogen-bond donors (Lipinski definition) is 2. The Bertz CT molecular complexity index is 482. The summed E-state index contributed by atoms with van der Waals surface area (Å²) in [7, 11) is -1.48. The van der Waals surface area contributed by atoms with Gasteiger partial charge in [-0.2, -0.15) is 9.40 Å². The molecule has 1 unspecified atom stereocenters. The molecule has 2 N–H and O–H groups in total. The van der Waals surface area contributed by atoms with Gasteiger partial charge in [0, 0.05) is 13.1 Å². The highest BCUT2D eigenvalue weighted by Crippen LogP contribution is 2.24. The molecular weight excluding hydrogens is 240 g/mol. The highest BCUT2D eigenvalue weighted by molar-refractivity contribution is 7.89. The molecule has 0 radical (unpaired) electrons. The van der Waals surface area contributed by atoms with Crippen molar-refractivity contribution in [2.75, 3.05) is 26.7 Å². The first kappa shape index (κ1) is 12.5. The molecule has 17 heavy (non-hydrogen) atoms. The van der Waals surface area contributed by atoms with Crippen molar-refractivity contribution in [3.63, 3.8) is 0 Å². The number of aryl methyl sites for hydroxylation is 1. The second-order valence-corrected chi connectivity index (χ2v) is 6.34. The topological polar surface area (TPSA) is 78.1 Å². The number of aromatic amines is 1. The molecule has 1 atom stereocenters. The molecule has 6 nitrogen and oxygen atoms in total. The minimum Gasteiger partial charge on any atom is -0.319 e. The second-order valence-electron chi connectivity index (χ2n) is 4.43. The van der Waals surface area contributed by atoms with E-state index in [0.29, 0.717) is 29.6 Å². The SMILES string of the molecule is CNCC1CCN(S(=O)(=O)c2cn[nH]c2C)C1. The van der Waals surface area contributed by atoms with Crippen LogP contribution in [0.5, 0.6) is 0 Å². The summed E-state index contributed by atoms with van der Waals surface area (Å²) in [6.45, 7) is 3.77. The summed E-state index contributed by atoms with van der Waals surface area (Å²) in [5.41, 5.74) is 0.599. The highest BCUT2D eigenvalue weighted by atomic mass is 32.2. The third-order valence-corrected chi connectivity index (χ3v) is 5.12. The maximum Gasteiger partial charge on any atom is 0.246 e. The molecule has 2 heterocycles. The van der Waals surface area contributed by atoms with Crippen molar-refractivity contribution in [1.29, 1.82) is 0 Å². The predicted octanol–water partition coefficient (Wildman–Crippen LogP) is -0.0519. The largest absolute Gasteiger partial charge is 0.319 e. The number of H-pyrrole nitrogens is 1. The van der Waals surface area contributed by atoms with Crippen molar-refractivity contribution in [2.24, 2.45) is 5.92 Å². The lowest BCUT2D eigenvalue weighted by atomic mass is 10.1. The molecule has 0 bridgehead atoms. The third kappa shape index (κ3) is 2.36. The Labute approximate surface area is 101 Å². The van der Waals surface area contributed by atoms with Crippen LogP contribution in [0.25, 0.3) is 0 Å². The maximum atomic E-state index is 12.3. The lowest BCUT2D eigenvalue weighted by molar-refractivity contribution is 0.451. The van der Waals surface area contributed by atoms with Crippen molar-refractivity contribution in [3.8, 4) is 0 Å². The second kappa shape index (κ2) is 4.75. The van der Waals surface area contributed by atoms with Gasteiger partial charge in [-0.15, -0.1) is 0 Å². The number of nitrogens with one attached hydrogen (secondary N) is 2. The number of aromatic nitrogens is 2. The smallest absolute Gasteiger partial charge is 0.246 e. The summed E-state index contributed by atoms with van der Waals surface area (Å²) in [6.07, 6.45) is 2.30. The van der Waals surface area contributed by atoms with Crippen molar-refractivity contribution >= 4 is 10.0 Å². The molecule has 1 aliphatic heterocycles. The fourth-order valence-corrected chi connectivity index (χ4v) is 3.86. The minimum absolute atomic E-state index is 0.294. The molecule has 96 valence electrons. The highest BCUT2D eigenvalue weighted by Gasteiger charge is 2.33. The van der Waals surface area contributed by atoms with Crippen LogP contribution in [0, 0.1) is 12.8 Å². The standard InChI is InChI=1S/C10H18N4O2S/c1-8-10(6-12-13-8)17(15,16)14-4-3-9(7-14)5-11-2/h6,9,11H,3-5,7H2,1-2H3,(H,12,13). The molecule has 1 fully saturated rings. The molecule has 1 saturated heterocycles. The van der Waals surface area contributed by atoms with Gasteiger partial charge in [-0.3, -0.25) is 5.10 Å². The van der Waals surface area contributed by atoms with Gasteiger partial charge in [0.2, 0.25) is 10.0 Å². The van der Waals surface area contributed by atoms with Crippen molar-refractivity contribution in [2.45, 2.75) is 18.2 Å². The number of nitrogens with zero attached hydrogens (tertiary/aromatic N) is 2. The van der Waals surface area contributed by atoms with Crippen LogP contribution in [0.2, 0.25) is 0 Å². The molecule has 0 spiro atoms. The first-order valence-corrected chi connectivity index (χ1v) is 7.14. The van der Waals surface area contributed by atoms with Gasteiger partial charge < -0.3 is 5.32 Å². The monoisotopic (exact) mass is 258 g/mol. The Hall–Kier alpha value is -0.920. The Kier molecular flexibility index (Phi) is 3.50. The normalized spacial score (nSPS) is 22.1. The molecule has 7 heteroatoms. The van der Waals surface area contributed by atoms with Crippen molar-refractivity contribution in [3.05, 3.63) is 11.9 Å². The van der Waals surface area contributed by atoms with Gasteiger partial charge in [0.1, 0.15) is 4.90 Å². The van der Waals surface area contributed by atoms with E-state index in [-0.39, 0.29) is 0 Å². The van der Waals surface area contributed by atoms with E-state index >= 15 is 0 Å². The van der Waals surface area contributed by atoms with E-state index < -0.39 is 10.0 Å². The van der Waals surface area contributed by atoms with Crippen LogP contribution in [-0.2, 0) is 10.0 Å². The van der Waals surface area contributed by atoms with Gasteiger partial charge in [-0.25, -0.2) is 8.42 Å². The van der Waals surface area contributed by atoms with E-state index in [1.54, 1.807) is 11.2 Å². The third-order valence-electron chi connectivity index (χ3n) is 3.14. The number of hydrogen-bond acceptors (Lipinski definition) is 4.